The number of nitrogen functional groups attached to an aromatic ring is 2. The first-order valence-corrected chi connectivity index (χ1v) is 10.2. The lowest BCUT2D eigenvalue weighted by Crippen LogP contribution is -2.35. The second kappa shape index (κ2) is 6.90. The van der Waals surface area contributed by atoms with Crippen molar-refractivity contribution in [2.75, 3.05) is 18.0 Å². The Morgan fingerprint density at radius 3 is 2.73 bits per heavy atom. The molecule has 8 heteroatoms. The summed E-state index contributed by atoms with van der Waals surface area (Å²) in [6.45, 7) is 1.15. The monoisotopic (exact) mass is 415 g/mol. The molecule has 148 valence electrons. The van der Waals surface area contributed by atoms with Crippen molar-refractivity contribution < 1.29 is 9.21 Å². The van der Waals surface area contributed by atoms with E-state index in [4.69, 9.17) is 15.9 Å². The number of amides is 1. The number of aromatic nitrogens is 1. The van der Waals surface area contributed by atoms with Gasteiger partial charge in [0.1, 0.15) is 32.9 Å². The van der Waals surface area contributed by atoms with Crippen molar-refractivity contribution in [1.82, 2.24) is 9.88 Å². The van der Waals surface area contributed by atoms with E-state index in [-0.39, 0.29) is 17.3 Å². The lowest BCUT2D eigenvalue weighted by molar-refractivity contribution is 0.0740. The molecule has 0 bridgehead atoms. The highest BCUT2D eigenvalue weighted by atomic mass is 32.1. The van der Waals surface area contributed by atoms with E-state index in [9.17, 15) is 10.1 Å². The van der Waals surface area contributed by atoms with Crippen LogP contribution in [-0.2, 0) is 13.0 Å². The highest BCUT2D eigenvalue weighted by Crippen LogP contribution is 2.43. The molecule has 4 aromatic rings. The molecule has 0 aliphatic carbocycles. The van der Waals surface area contributed by atoms with Crippen LogP contribution in [0.25, 0.3) is 21.5 Å². The van der Waals surface area contributed by atoms with E-state index in [0.717, 1.165) is 12.0 Å². The number of thiophene rings is 1. The zero-order chi connectivity index (χ0) is 20.8. The van der Waals surface area contributed by atoms with Crippen molar-refractivity contribution in [2.24, 2.45) is 0 Å². The zero-order valence-corrected chi connectivity index (χ0v) is 16.7. The van der Waals surface area contributed by atoms with E-state index in [0.29, 0.717) is 45.2 Å². The Hall–Kier alpha value is -3.83. The van der Waals surface area contributed by atoms with Crippen molar-refractivity contribution >= 4 is 39.0 Å². The average Bonchev–Trinajstić information content (AvgIpc) is 3.40. The van der Waals surface area contributed by atoms with Gasteiger partial charge in [0.25, 0.3) is 5.91 Å². The third-order valence-electron chi connectivity index (χ3n) is 5.40. The van der Waals surface area contributed by atoms with E-state index >= 15 is 0 Å². The van der Waals surface area contributed by atoms with Gasteiger partial charge in [-0.05, 0) is 29.7 Å². The number of fused-ring (bicyclic) bond motifs is 2. The number of pyridine rings is 1. The molecular formula is C22H17N5O2S. The molecule has 1 aromatic carbocycles. The third-order valence-corrected chi connectivity index (χ3v) is 6.48. The fourth-order valence-electron chi connectivity index (χ4n) is 3.92. The van der Waals surface area contributed by atoms with Gasteiger partial charge in [0.15, 0.2) is 0 Å². The molecule has 5 rings (SSSR count). The van der Waals surface area contributed by atoms with Gasteiger partial charge in [-0.1, -0.05) is 24.3 Å². The number of rotatable bonds is 2. The molecule has 0 radical (unpaired) electrons. The third kappa shape index (κ3) is 2.71. The van der Waals surface area contributed by atoms with Gasteiger partial charge in [-0.3, -0.25) is 4.79 Å². The van der Waals surface area contributed by atoms with E-state index in [1.165, 1.54) is 23.2 Å². The summed E-state index contributed by atoms with van der Waals surface area (Å²) in [6.07, 6.45) is 2.31. The molecule has 7 nitrogen and oxygen atoms in total. The fraction of sp³-hybridized carbons (Fsp3) is 0.136. The lowest BCUT2D eigenvalue weighted by Gasteiger charge is -2.28. The summed E-state index contributed by atoms with van der Waals surface area (Å²) in [7, 11) is 0. The minimum absolute atomic E-state index is 0.0866. The van der Waals surface area contributed by atoms with Crippen molar-refractivity contribution in [2.45, 2.75) is 13.0 Å². The quantitative estimate of drug-likeness (QED) is 0.513. The van der Waals surface area contributed by atoms with Crippen LogP contribution in [0.1, 0.15) is 26.4 Å². The van der Waals surface area contributed by atoms with Gasteiger partial charge in [-0.15, -0.1) is 11.3 Å². The Bertz CT molecular complexity index is 1330. The number of nitrogens with two attached hydrogens (primary N) is 2. The van der Waals surface area contributed by atoms with Gasteiger partial charge in [0, 0.05) is 18.5 Å². The lowest BCUT2D eigenvalue weighted by atomic mass is 9.99. The fourth-order valence-corrected chi connectivity index (χ4v) is 5.00. The standard InChI is InChI=1S/C22H17N5O2S/c23-10-14-16(15-6-3-9-29-15)17-18(24)19(30-21(17)26-20(14)25)22(28)27-8-7-12-4-1-2-5-13(12)11-27/h1-6,9H,7-8,11,24H2,(H2,25,26). The first kappa shape index (κ1) is 18.2. The zero-order valence-electron chi connectivity index (χ0n) is 15.9. The molecule has 1 amide bonds. The molecule has 1 aliphatic rings. The number of nitrogens with zero attached hydrogens (tertiary/aromatic N) is 3. The van der Waals surface area contributed by atoms with E-state index < -0.39 is 0 Å². The van der Waals surface area contributed by atoms with Gasteiger partial charge < -0.3 is 20.8 Å². The van der Waals surface area contributed by atoms with Crippen LogP contribution in [0.15, 0.2) is 47.1 Å². The van der Waals surface area contributed by atoms with Gasteiger partial charge in [-0.2, -0.15) is 5.26 Å². The molecule has 0 atom stereocenters. The van der Waals surface area contributed by atoms with Crippen LogP contribution in [0.4, 0.5) is 11.5 Å². The summed E-state index contributed by atoms with van der Waals surface area (Å²) in [5.74, 6) is 0.400. The summed E-state index contributed by atoms with van der Waals surface area (Å²) in [5, 5.41) is 10.2. The molecule has 30 heavy (non-hydrogen) atoms. The molecule has 3 aromatic heterocycles. The van der Waals surface area contributed by atoms with Gasteiger partial charge >= 0.3 is 0 Å². The van der Waals surface area contributed by atoms with Crippen LogP contribution in [0, 0.1) is 11.3 Å². The van der Waals surface area contributed by atoms with E-state index in [1.54, 1.807) is 17.0 Å². The summed E-state index contributed by atoms with van der Waals surface area (Å²) < 4.78 is 5.52. The molecule has 0 saturated heterocycles. The number of furan rings is 1. The topological polar surface area (TPSA) is 122 Å². The molecule has 4 heterocycles. The molecule has 0 unspecified atom stereocenters. The first-order chi connectivity index (χ1) is 14.6. The normalized spacial score (nSPS) is 13.2. The predicted molar refractivity (Wildman–Crippen MR) is 116 cm³/mol. The van der Waals surface area contributed by atoms with Crippen molar-refractivity contribution in [3.63, 3.8) is 0 Å². The minimum atomic E-state index is -0.146. The number of carbonyl (C=O) groups is 1. The van der Waals surface area contributed by atoms with Crippen LogP contribution in [0.3, 0.4) is 0 Å². The van der Waals surface area contributed by atoms with Crippen molar-refractivity contribution in [3.05, 3.63) is 64.2 Å². The Morgan fingerprint density at radius 1 is 1.20 bits per heavy atom. The maximum absolute atomic E-state index is 13.3. The maximum atomic E-state index is 13.3. The predicted octanol–water partition coefficient (Wildman–Crippen LogP) is 3.79. The minimum Gasteiger partial charge on any atom is -0.464 e. The Balaban J connectivity index is 1.63. The maximum Gasteiger partial charge on any atom is 0.266 e. The SMILES string of the molecule is N#Cc1c(N)nc2sc(C(=O)N3CCc4ccccc4C3)c(N)c2c1-c1ccco1. The molecular weight excluding hydrogens is 398 g/mol. The second-order valence-corrected chi connectivity index (χ2v) is 8.11. The molecule has 0 fully saturated rings. The number of hydrogen-bond acceptors (Lipinski definition) is 7. The summed E-state index contributed by atoms with van der Waals surface area (Å²) in [6, 6.07) is 13.7. The van der Waals surface area contributed by atoms with E-state index in [1.807, 2.05) is 18.2 Å². The number of carbonyl (C=O) groups excluding carboxylic acids is 1. The molecule has 0 saturated carbocycles. The largest absolute Gasteiger partial charge is 0.464 e. The van der Waals surface area contributed by atoms with Gasteiger partial charge in [0.05, 0.1) is 17.5 Å². The number of nitriles is 1. The first-order valence-electron chi connectivity index (χ1n) is 9.40. The molecule has 0 spiro atoms. The number of benzene rings is 1. The number of anilines is 2. The Labute approximate surface area is 176 Å². The summed E-state index contributed by atoms with van der Waals surface area (Å²) >= 11 is 1.19. The van der Waals surface area contributed by atoms with Gasteiger partial charge in [-0.25, -0.2) is 4.98 Å². The van der Waals surface area contributed by atoms with Crippen LogP contribution in [0.5, 0.6) is 0 Å². The highest BCUT2D eigenvalue weighted by molar-refractivity contribution is 7.21. The van der Waals surface area contributed by atoms with Crippen LogP contribution < -0.4 is 11.5 Å². The number of hydrogen-bond donors (Lipinski definition) is 2. The van der Waals surface area contributed by atoms with Crippen LogP contribution in [-0.4, -0.2) is 22.3 Å². The second-order valence-electron chi connectivity index (χ2n) is 7.11. The molecule has 4 N–H and O–H groups in total. The Morgan fingerprint density at radius 2 is 2.00 bits per heavy atom. The van der Waals surface area contributed by atoms with Crippen LogP contribution >= 0.6 is 11.3 Å². The van der Waals surface area contributed by atoms with Crippen molar-refractivity contribution in [3.8, 4) is 17.4 Å². The average molecular weight is 415 g/mol. The Kier molecular flexibility index (Phi) is 4.19. The molecule has 1 aliphatic heterocycles. The highest BCUT2D eigenvalue weighted by Gasteiger charge is 2.29. The van der Waals surface area contributed by atoms with Gasteiger partial charge in [0.2, 0.25) is 0 Å². The van der Waals surface area contributed by atoms with Crippen LogP contribution in [0.2, 0.25) is 0 Å². The summed E-state index contributed by atoms with van der Waals surface area (Å²) in [5.41, 5.74) is 15.8. The van der Waals surface area contributed by atoms with Crippen molar-refractivity contribution in [1.29, 1.82) is 5.26 Å². The smallest absolute Gasteiger partial charge is 0.266 e. The summed E-state index contributed by atoms with van der Waals surface area (Å²) in [4.78, 5) is 20.4. The van der Waals surface area contributed by atoms with E-state index in [2.05, 4.69) is 17.1 Å².